The summed E-state index contributed by atoms with van der Waals surface area (Å²) in [5.74, 6) is 1.00. The minimum absolute atomic E-state index is 0. The molecule has 0 unspecified atom stereocenters. The number of rotatable bonds is 3. The standard InChI is InChI=1S/C18H28N4OS.3ClH/c1-14-20-11-16(24-14)12-21-6-8-22(9-7-21)17(23)18-5-3-2-4-15(18)10-19-13-18;;;/h11,15,19H,2-10,12-13H2,1H3;3*1H/t15-,18+;;;/m0.../s1. The second kappa shape index (κ2) is 10.6. The summed E-state index contributed by atoms with van der Waals surface area (Å²) in [5.41, 5.74) is -0.0881. The Bertz CT molecular complexity index is 609. The molecule has 5 nitrogen and oxygen atoms in total. The monoisotopic (exact) mass is 456 g/mol. The van der Waals surface area contributed by atoms with Crippen molar-refractivity contribution in [1.29, 1.82) is 0 Å². The molecule has 156 valence electrons. The highest BCUT2D eigenvalue weighted by Crippen LogP contribution is 2.45. The van der Waals surface area contributed by atoms with Gasteiger partial charge in [-0.05, 0) is 32.2 Å². The fourth-order valence-corrected chi connectivity index (χ4v) is 5.63. The van der Waals surface area contributed by atoms with Crippen molar-refractivity contribution in [3.05, 3.63) is 16.1 Å². The molecule has 1 aliphatic carbocycles. The molecule has 0 spiro atoms. The van der Waals surface area contributed by atoms with Crippen LogP contribution in [-0.2, 0) is 11.3 Å². The van der Waals surface area contributed by atoms with E-state index in [0.717, 1.165) is 57.2 Å². The number of aryl methyl sites for hydroxylation is 1. The van der Waals surface area contributed by atoms with E-state index in [1.54, 1.807) is 11.3 Å². The lowest BCUT2D eigenvalue weighted by molar-refractivity contribution is -0.147. The Morgan fingerprint density at radius 2 is 2.00 bits per heavy atom. The molecule has 3 aliphatic rings. The molecular weight excluding hydrogens is 427 g/mol. The number of halogens is 3. The van der Waals surface area contributed by atoms with Crippen LogP contribution in [0.5, 0.6) is 0 Å². The average Bonchev–Trinajstić information content (AvgIpc) is 3.21. The molecule has 3 fully saturated rings. The first-order valence-electron chi connectivity index (χ1n) is 9.31. The number of thiazole rings is 1. The lowest BCUT2D eigenvalue weighted by atomic mass is 9.67. The zero-order valence-corrected chi connectivity index (χ0v) is 19.1. The smallest absolute Gasteiger partial charge is 0.230 e. The molecule has 1 N–H and O–H groups in total. The molecule has 2 atom stereocenters. The predicted molar refractivity (Wildman–Crippen MR) is 118 cm³/mol. The first kappa shape index (κ1) is 24.9. The maximum absolute atomic E-state index is 13.3. The summed E-state index contributed by atoms with van der Waals surface area (Å²) in [6.07, 6.45) is 6.82. The highest BCUT2D eigenvalue weighted by atomic mass is 35.5. The van der Waals surface area contributed by atoms with Crippen LogP contribution < -0.4 is 5.32 Å². The Kier molecular flexibility index (Phi) is 9.79. The summed E-state index contributed by atoms with van der Waals surface area (Å²) in [5, 5.41) is 4.64. The van der Waals surface area contributed by atoms with E-state index in [2.05, 4.69) is 27.0 Å². The minimum Gasteiger partial charge on any atom is -0.340 e. The molecule has 1 aromatic rings. The predicted octanol–water partition coefficient (Wildman–Crippen LogP) is 3.14. The molecule has 2 saturated heterocycles. The number of hydrogen-bond donors (Lipinski definition) is 1. The number of piperazine rings is 1. The molecular formula is C18H31Cl3N4OS. The van der Waals surface area contributed by atoms with Crippen molar-refractivity contribution < 1.29 is 4.79 Å². The zero-order chi connectivity index (χ0) is 16.6. The van der Waals surface area contributed by atoms with Gasteiger partial charge in [0.25, 0.3) is 0 Å². The first-order chi connectivity index (χ1) is 11.7. The van der Waals surface area contributed by atoms with Gasteiger partial charge in [-0.3, -0.25) is 9.69 Å². The van der Waals surface area contributed by atoms with Gasteiger partial charge in [-0.15, -0.1) is 48.6 Å². The first-order valence-corrected chi connectivity index (χ1v) is 10.1. The van der Waals surface area contributed by atoms with Crippen LogP contribution in [0.2, 0.25) is 0 Å². The fourth-order valence-electron chi connectivity index (χ4n) is 4.79. The number of amides is 1. The summed E-state index contributed by atoms with van der Waals surface area (Å²) >= 11 is 1.78. The van der Waals surface area contributed by atoms with Crippen LogP contribution in [0.25, 0.3) is 0 Å². The Labute approximate surface area is 184 Å². The normalized spacial score (nSPS) is 27.7. The van der Waals surface area contributed by atoms with Crippen LogP contribution in [0.1, 0.15) is 35.6 Å². The van der Waals surface area contributed by atoms with Crippen molar-refractivity contribution in [3.8, 4) is 0 Å². The van der Waals surface area contributed by atoms with E-state index in [0.29, 0.717) is 11.8 Å². The van der Waals surface area contributed by atoms with Gasteiger partial charge >= 0.3 is 0 Å². The molecule has 0 aromatic carbocycles. The zero-order valence-electron chi connectivity index (χ0n) is 15.8. The number of carbonyl (C=O) groups excluding carboxylic acids is 1. The second-order valence-corrected chi connectivity index (χ2v) is 8.96. The van der Waals surface area contributed by atoms with Crippen molar-refractivity contribution in [2.75, 3.05) is 39.3 Å². The van der Waals surface area contributed by atoms with Crippen LogP contribution in [-0.4, -0.2) is 60.0 Å². The summed E-state index contributed by atoms with van der Waals surface area (Å²) < 4.78 is 0. The van der Waals surface area contributed by atoms with E-state index in [1.807, 2.05) is 6.20 Å². The molecule has 4 rings (SSSR count). The molecule has 9 heteroatoms. The number of nitrogens with one attached hydrogen (secondary N) is 1. The third-order valence-corrected chi connectivity index (χ3v) is 7.07. The van der Waals surface area contributed by atoms with Gasteiger partial charge in [0.05, 0.1) is 10.4 Å². The highest BCUT2D eigenvalue weighted by molar-refractivity contribution is 7.11. The van der Waals surface area contributed by atoms with Crippen LogP contribution in [0.15, 0.2) is 6.20 Å². The fraction of sp³-hybridized carbons (Fsp3) is 0.778. The topological polar surface area (TPSA) is 48.5 Å². The number of carbonyl (C=O) groups is 1. The average molecular weight is 458 g/mol. The van der Waals surface area contributed by atoms with Crippen molar-refractivity contribution in [3.63, 3.8) is 0 Å². The Morgan fingerprint density at radius 3 is 2.67 bits per heavy atom. The number of nitrogens with zero attached hydrogens (tertiary/aromatic N) is 3. The number of fused-ring (bicyclic) bond motifs is 1. The molecule has 1 aromatic heterocycles. The summed E-state index contributed by atoms with van der Waals surface area (Å²) in [6.45, 7) is 8.69. The Morgan fingerprint density at radius 1 is 1.26 bits per heavy atom. The summed E-state index contributed by atoms with van der Waals surface area (Å²) in [6, 6.07) is 0. The number of hydrogen-bond acceptors (Lipinski definition) is 5. The van der Waals surface area contributed by atoms with Crippen molar-refractivity contribution in [2.24, 2.45) is 11.3 Å². The van der Waals surface area contributed by atoms with Gasteiger partial charge in [0.15, 0.2) is 0 Å². The van der Waals surface area contributed by atoms with Gasteiger partial charge < -0.3 is 10.2 Å². The van der Waals surface area contributed by atoms with Crippen LogP contribution in [0, 0.1) is 18.3 Å². The maximum Gasteiger partial charge on any atom is 0.230 e. The van der Waals surface area contributed by atoms with Crippen molar-refractivity contribution in [1.82, 2.24) is 20.1 Å². The number of aromatic nitrogens is 1. The van der Waals surface area contributed by atoms with Crippen LogP contribution in [0.3, 0.4) is 0 Å². The van der Waals surface area contributed by atoms with Crippen LogP contribution >= 0.6 is 48.6 Å². The Balaban J connectivity index is 0.00000121. The Hall–Kier alpha value is -0.110. The lowest BCUT2D eigenvalue weighted by Gasteiger charge is -2.43. The lowest BCUT2D eigenvalue weighted by Crippen LogP contribution is -2.55. The third-order valence-electron chi connectivity index (χ3n) is 6.17. The van der Waals surface area contributed by atoms with Gasteiger partial charge in [0.2, 0.25) is 5.91 Å². The molecule has 0 bridgehead atoms. The van der Waals surface area contributed by atoms with Gasteiger partial charge in [-0.2, -0.15) is 0 Å². The van der Waals surface area contributed by atoms with Gasteiger partial charge in [0.1, 0.15) is 0 Å². The van der Waals surface area contributed by atoms with Crippen LogP contribution in [0.4, 0.5) is 0 Å². The van der Waals surface area contributed by atoms with Crippen molar-refractivity contribution in [2.45, 2.75) is 39.2 Å². The highest BCUT2D eigenvalue weighted by Gasteiger charge is 2.51. The minimum atomic E-state index is -0.0881. The molecule has 2 aliphatic heterocycles. The molecule has 3 heterocycles. The van der Waals surface area contributed by atoms with Gasteiger partial charge in [-0.25, -0.2) is 4.98 Å². The summed E-state index contributed by atoms with van der Waals surface area (Å²) in [4.78, 5) is 23.6. The van der Waals surface area contributed by atoms with E-state index in [4.69, 9.17) is 0 Å². The molecule has 1 saturated carbocycles. The van der Waals surface area contributed by atoms with Gasteiger partial charge in [-0.1, -0.05) is 12.8 Å². The molecule has 1 amide bonds. The third kappa shape index (κ3) is 5.09. The van der Waals surface area contributed by atoms with E-state index < -0.39 is 0 Å². The molecule has 0 radical (unpaired) electrons. The quantitative estimate of drug-likeness (QED) is 0.757. The van der Waals surface area contributed by atoms with Gasteiger partial charge in [0, 0.05) is 50.3 Å². The SMILES string of the molecule is Cc1ncc(CN2CCN(C(=O)[C@@]34CCCC[C@H]3CNC4)CC2)s1.Cl.Cl.Cl. The second-order valence-electron chi connectivity index (χ2n) is 7.64. The molecule has 27 heavy (non-hydrogen) atoms. The van der Waals surface area contributed by atoms with E-state index in [1.165, 1.54) is 24.1 Å². The largest absolute Gasteiger partial charge is 0.340 e. The van der Waals surface area contributed by atoms with E-state index in [-0.39, 0.29) is 42.6 Å². The van der Waals surface area contributed by atoms with E-state index >= 15 is 0 Å². The van der Waals surface area contributed by atoms with E-state index in [9.17, 15) is 4.79 Å². The summed E-state index contributed by atoms with van der Waals surface area (Å²) in [7, 11) is 0. The maximum atomic E-state index is 13.3. The van der Waals surface area contributed by atoms with Crippen molar-refractivity contribution >= 4 is 54.5 Å².